The van der Waals surface area contributed by atoms with Gasteiger partial charge in [-0.1, -0.05) is 39.0 Å². The van der Waals surface area contributed by atoms with Gasteiger partial charge in [-0.2, -0.15) is 0 Å². The number of methoxy groups -OCH3 is 1. The molecule has 0 spiro atoms. The number of rotatable bonds is 8. The lowest BCUT2D eigenvalue weighted by molar-refractivity contribution is -0.150. The number of amides is 1. The maximum absolute atomic E-state index is 12.4. The van der Waals surface area contributed by atoms with E-state index in [-0.39, 0.29) is 18.4 Å². The van der Waals surface area contributed by atoms with Crippen LogP contribution in [0.3, 0.4) is 0 Å². The van der Waals surface area contributed by atoms with Crippen molar-refractivity contribution in [2.75, 3.05) is 13.7 Å². The molecule has 2 N–H and O–H groups in total. The number of ether oxygens (including phenoxy) is 1. The molecule has 5 nitrogen and oxygen atoms in total. The summed E-state index contributed by atoms with van der Waals surface area (Å²) in [6.45, 7) is 3.44. The lowest BCUT2D eigenvalue weighted by Gasteiger charge is -2.30. The van der Waals surface area contributed by atoms with Gasteiger partial charge in [0.05, 0.1) is 6.61 Å². The molecule has 1 fully saturated rings. The van der Waals surface area contributed by atoms with E-state index >= 15 is 0 Å². The summed E-state index contributed by atoms with van der Waals surface area (Å²) in [5.41, 5.74) is -1.36. The van der Waals surface area contributed by atoms with Crippen LogP contribution in [0, 0.1) is 11.8 Å². The van der Waals surface area contributed by atoms with E-state index in [1.807, 2.05) is 6.92 Å². The van der Waals surface area contributed by atoms with Crippen LogP contribution in [0.15, 0.2) is 0 Å². The highest BCUT2D eigenvalue weighted by Crippen LogP contribution is 2.30. The topological polar surface area (TPSA) is 75.6 Å². The normalized spacial score (nSPS) is 20.5. The van der Waals surface area contributed by atoms with Gasteiger partial charge in [-0.3, -0.25) is 4.79 Å². The molecule has 0 aromatic heterocycles. The van der Waals surface area contributed by atoms with Crippen molar-refractivity contribution >= 4 is 11.9 Å². The molecule has 1 amide bonds. The molecule has 0 saturated heterocycles. The van der Waals surface area contributed by atoms with E-state index < -0.39 is 11.5 Å². The molecule has 0 aromatic carbocycles. The van der Waals surface area contributed by atoms with Crippen molar-refractivity contribution in [3.05, 3.63) is 0 Å². The zero-order valence-corrected chi connectivity index (χ0v) is 13.5. The van der Waals surface area contributed by atoms with Gasteiger partial charge in [0, 0.05) is 13.0 Å². The summed E-state index contributed by atoms with van der Waals surface area (Å²) >= 11 is 0. The van der Waals surface area contributed by atoms with Crippen molar-refractivity contribution in [2.24, 2.45) is 11.8 Å². The van der Waals surface area contributed by atoms with Gasteiger partial charge in [-0.15, -0.1) is 0 Å². The van der Waals surface area contributed by atoms with Gasteiger partial charge in [-0.05, 0) is 25.7 Å². The number of carbonyl (C=O) groups excluding carboxylic acids is 1. The molecule has 0 heterocycles. The maximum Gasteiger partial charge on any atom is 0.331 e. The SMILES string of the molecule is CCC(CC1CCCCC1)C(=O)NC(C)(COC)C(=O)O. The van der Waals surface area contributed by atoms with Crippen LogP contribution in [-0.4, -0.2) is 36.2 Å². The van der Waals surface area contributed by atoms with Gasteiger partial charge in [0.25, 0.3) is 0 Å². The first-order valence-corrected chi connectivity index (χ1v) is 7.97. The second kappa shape index (κ2) is 8.37. The minimum Gasteiger partial charge on any atom is -0.479 e. The molecule has 0 aromatic rings. The van der Waals surface area contributed by atoms with Crippen LogP contribution in [0.2, 0.25) is 0 Å². The van der Waals surface area contributed by atoms with Crippen molar-refractivity contribution in [1.82, 2.24) is 5.32 Å². The number of hydrogen-bond acceptors (Lipinski definition) is 3. The highest BCUT2D eigenvalue weighted by molar-refractivity contribution is 5.87. The van der Waals surface area contributed by atoms with Gasteiger partial charge in [0.1, 0.15) is 0 Å². The fourth-order valence-electron chi connectivity index (χ4n) is 3.10. The third kappa shape index (κ3) is 5.30. The number of hydrogen-bond donors (Lipinski definition) is 2. The number of aliphatic carboxylic acids is 1. The smallest absolute Gasteiger partial charge is 0.331 e. The molecule has 2 unspecified atom stereocenters. The zero-order chi connectivity index (χ0) is 15.9. The Balaban J connectivity index is 2.62. The summed E-state index contributed by atoms with van der Waals surface area (Å²) in [7, 11) is 1.44. The van der Waals surface area contributed by atoms with Crippen LogP contribution in [0.4, 0.5) is 0 Å². The first-order valence-electron chi connectivity index (χ1n) is 7.97. The van der Waals surface area contributed by atoms with Crippen molar-refractivity contribution < 1.29 is 19.4 Å². The second-order valence-corrected chi connectivity index (χ2v) is 6.40. The average molecular weight is 299 g/mol. The Hall–Kier alpha value is -1.10. The molecule has 1 rings (SSSR count). The largest absolute Gasteiger partial charge is 0.479 e. The molecule has 1 aliphatic carbocycles. The van der Waals surface area contributed by atoms with Crippen molar-refractivity contribution in [3.63, 3.8) is 0 Å². The van der Waals surface area contributed by atoms with Gasteiger partial charge in [0.15, 0.2) is 5.54 Å². The van der Waals surface area contributed by atoms with Gasteiger partial charge in [-0.25, -0.2) is 4.79 Å². The first-order chi connectivity index (χ1) is 9.92. The Kier molecular flexibility index (Phi) is 7.15. The Labute approximate surface area is 127 Å². The van der Waals surface area contributed by atoms with Crippen LogP contribution >= 0.6 is 0 Å². The molecular formula is C16H29NO4. The van der Waals surface area contributed by atoms with E-state index in [0.717, 1.165) is 12.8 Å². The molecule has 5 heteroatoms. The Morgan fingerprint density at radius 2 is 1.95 bits per heavy atom. The Morgan fingerprint density at radius 1 is 1.33 bits per heavy atom. The van der Waals surface area contributed by atoms with E-state index in [1.54, 1.807) is 0 Å². The minimum absolute atomic E-state index is 0.0338. The average Bonchev–Trinajstić information content (AvgIpc) is 2.45. The monoisotopic (exact) mass is 299 g/mol. The summed E-state index contributed by atoms with van der Waals surface area (Å²) < 4.78 is 4.94. The van der Waals surface area contributed by atoms with Crippen LogP contribution in [0.1, 0.15) is 58.8 Å². The summed E-state index contributed by atoms with van der Waals surface area (Å²) in [6.07, 6.45) is 7.79. The molecular weight excluding hydrogens is 270 g/mol. The third-order valence-electron chi connectivity index (χ3n) is 4.51. The van der Waals surface area contributed by atoms with E-state index in [1.165, 1.54) is 46.1 Å². The molecule has 1 saturated carbocycles. The Bertz CT molecular complexity index is 352. The van der Waals surface area contributed by atoms with E-state index in [9.17, 15) is 14.7 Å². The number of carboxylic acid groups (broad SMARTS) is 1. The standard InChI is InChI=1S/C16H29NO4/c1-4-13(10-12-8-6-5-7-9-12)14(18)17-16(2,11-21-3)15(19)20/h12-13H,4-11H2,1-3H3,(H,17,18)(H,19,20). The minimum atomic E-state index is -1.36. The van der Waals surface area contributed by atoms with E-state index in [0.29, 0.717) is 5.92 Å². The van der Waals surface area contributed by atoms with Crippen molar-refractivity contribution in [2.45, 2.75) is 64.3 Å². The maximum atomic E-state index is 12.4. The number of nitrogens with one attached hydrogen (secondary N) is 1. The molecule has 2 atom stereocenters. The molecule has 122 valence electrons. The zero-order valence-electron chi connectivity index (χ0n) is 13.5. The third-order valence-corrected chi connectivity index (χ3v) is 4.51. The van der Waals surface area contributed by atoms with Crippen LogP contribution < -0.4 is 5.32 Å². The van der Waals surface area contributed by atoms with Gasteiger partial charge < -0.3 is 15.2 Å². The lowest BCUT2D eigenvalue weighted by atomic mass is 9.81. The summed E-state index contributed by atoms with van der Waals surface area (Å²) in [5.74, 6) is -0.730. The highest BCUT2D eigenvalue weighted by Gasteiger charge is 2.37. The van der Waals surface area contributed by atoms with Crippen LogP contribution in [-0.2, 0) is 14.3 Å². The fraction of sp³-hybridized carbons (Fsp3) is 0.875. The molecule has 0 radical (unpaired) electrons. The van der Waals surface area contributed by atoms with Crippen molar-refractivity contribution in [3.8, 4) is 0 Å². The summed E-state index contributed by atoms with van der Waals surface area (Å²) in [4.78, 5) is 23.8. The fourth-order valence-corrected chi connectivity index (χ4v) is 3.10. The molecule has 0 bridgehead atoms. The number of carboxylic acids is 1. The molecule has 21 heavy (non-hydrogen) atoms. The highest BCUT2D eigenvalue weighted by atomic mass is 16.5. The molecule has 1 aliphatic rings. The molecule has 0 aliphatic heterocycles. The quantitative estimate of drug-likeness (QED) is 0.722. The van der Waals surface area contributed by atoms with E-state index in [4.69, 9.17) is 4.74 Å². The predicted molar refractivity (Wildman–Crippen MR) is 81.0 cm³/mol. The van der Waals surface area contributed by atoms with Crippen LogP contribution in [0.25, 0.3) is 0 Å². The van der Waals surface area contributed by atoms with Crippen molar-refractivity contribution in [1.29, 1.82) is 0 Å². The second-order valence-electron chi connectivity index (χ2n) is 6.40. The number of carbonyl (C=O) groups is 2. The summed E-state index contributed by atoms with van der Waals surface area (Å²) in [5, 5.41) is 12.0. The van der Waals surface area contributed by atoms with Gasteiger partial charge in [0.2, 0.25) is 5.91 Å². The lowest BCUT2D eigenvalue weighted by Crippen LogP contribution is -2.56. The van der Waals surface area contributed by atoms with E-state index in [2.05, 4.69) is 5.32 Å². The Morgan fingerprint density at radius 3 is 2.43 bits per heavy atom. The summed E-state index contributed by atoms with van der Waals surface area (Å²) in [6, 6.07) is 0. The first kappa shape index (κ1) is 18.0. The van der Waals surface area contributed by atoms with Crippen LogP contribution in [0.5, 0.6) is 0 Å². The predicted octanol–water partition coefficient (Wildman–Crippen LogP) is 2.59. The van der Waals surface area contributed by atoms with Gasteiger partial charge >= 0.3 is 5.97 Å².